The van der Waals surface area contributed by atoms with E-state index in [1.54, 1.807) is 36.4 Å². The topological polar surface area (TPSA) is 111 Å². The fourth-order valence-corrected chi connectivity index (χ4v) is 5.96. The van der Waals surface area contributed by atoms with E-state index in [1.807, 2.05) is 24.3 Å². The minimum atomic E-state index is -3.86. The molecular formula is C27H28N2O7S. The number of sulfonamides is 1. The number of methoxy groups -OCH3 is 2. The summed E-state index contributed by atoms with van der Waals surface area (Å²) in [5, 5.41) is 2.64. The van der Waals surface area contributed by atoms with Gasteiger partial charge in [0.25, 0.3) is 5.91 Å². The first-order chi connectivity index (χ1) is 17.8. The van der Waals surface area contributed by atoms with Crippen LogP contribution in [0.3, 0.4) is 0 Å². The van der Waals surface area contributed by atoms with Crippen LogP contribution in [0.25, 0.3) is 0 Å². The van der Waals surface area contributed by atoms with E-state index in [-0.39, 0.29) is 17.9 Å². The predicted octanol–water partition coefficient (Wildman–Crippen LogP) is 3.56. The smallest absolute Gasteiger partial charge is 0.308 e. The van der Waals surface area contributed by atoms with Gasteiger partial charge in [-0.3, -0.25) is 9.59 Å². The molecule has 1 atom stereocenters. The Balaban J connectivity index is 1.46. The Morgan fingerprint density at radius 2 is 1.65 bits per heavy atom. The summed E-state index contributed by atoms with van der Waals surface area (Å²) in [6.07, 6.45) is 0.300. The second-order valence-corrected chi connectivity index (χ2v) is 10.3. The van der Waals surface area contributed by atoms with Gasteiger partial charge in [-0.1, -0.05) is 42.5 Å². The van der Waals surface area contributed by atoms with Crippen LogP contribution < -0.4 is 14.8 Å². The number of fused-ring (bicyclic) bond motifs is 1. The lowest BCUT2D eigenvalue weighted by Crippen LogP contribution is -2.41. The molecule has 4 rings (SSSR count). The second-order valence-electron chi connectivity index (χ2n) is 8.38. The zero-order chi connectivity index (χ0) is 26.4. The molecule has 10 heteroatoms. The molecule has 0 saturated carbocycles. The highest BCUT2D eigenvalue weighted by Crippen LogP contribution is 2.36. The molecule has 1 aliphatic rings. The number of esters is 1. The highest BCUT2D eigenvalue weighted by Gasteiger charge is 2.37. The normalized spacial score (nSPS) is 15.4. The minimum absolute atomic E-state index is 0.155. The van der Waals surface area contributed by atoms with Crippen LogP contribution in [-0.2, 0) is 30.8 Å². The number of carbonyl (C=O) groups is 2. The van der Waals surface area contributed by atoms with Crippen molar-refractivity contribution in [2.24, 2.45) is 0 Å². The van der Waals surface area contributed by atoms with Gasteiger partial charge in [0.1, 0.15) is 0 Å². The number of nitrogens with one attached hydrogen (secondary N) is 1. The Morgan fingerprint density at radius 3 is 2.38 bits per heavy atom. The van der Waals surface area contributed by atoms with Gasteiger partial charge in [0, 0.05) is 18.3 Å². The summed E-state index contributed by atoms with van der Waals surface area (Å²) in [5.74, 6) is -0.279. The summed E-state index contributed by atoms with van der Waals surface area (Å²) in [6, 6.07) is 19.7. The molecule has 1 unspecified atom stereocenters. The zero-order valence-corrected chi connectivity index (χ0v) is 21.4. The number of amides is 1. The molecule has 0 spiro atoms. The van der Waals surface area contributed by atoms with Crippen LogP contribution in [0.5, 0.6) is 11.5 Å². The van der Waals surface area contributed by atoms with E-state index in [2.05, 4.69) is 5.32 Å². The van der Waals surface area contributed by atoms with Crippen molar-refractivity contribution in [3.05, 3.63) is 83.9 Å². The van der Waals surface area contributed by atoms with Crippen LogP contribution in [0.2, 0.25) is 0 Å². The fourth-order valence-electron chi connectivity index (χ4n) is 4.33. The summed E-state index contributed by atoms with van der Waals surface area (Å²) < 4.78 is 43.9. The van der Waals surface area contributed by atoms with E-state index in [0.29, 0.717) is 23.6 Å². The van der Waals surface area contributed by atoms with Crippen LogP contribution in [-0.4, -0.2) is 52.0 Å². The Hall–Kier alpha value is -3.89. The summed E-state index contributed by atoms with van der Waals surface area (Å²) in [4.78, 5) is 25.4. The molecular weight excluding hydrogens is 496 g/mol. The second kappa shape index (κ2) is 11.4. The highest BCUT2D eigenvalue weighted by atomic mass is 32.2. The van der Waals surface area contributed by atoms with Crippen molar-refractivity contribution in [2.45, 2.75) is 23.8 Å². The molecule has 1 heterocycles. The molecule has 1 amide bonds. The van der Waals surface area contributed by atoms with E-state index >= 15 is 0 Å². The SMILES string of the molecule is COc1ccc(NC(=O)COC(=O)CC2c3ccccc3CCN2S(=O)(=O)c2ccccc2)cc1OC. The lowest BCUT2D eigenvalue weighted by molar-refractivity contribution is -0.148. The van der Waals surface area contributed by atoms with Crippen molar-refractivity contribution in [1.29, 1.82) is 0 Å². The average Bonchev–Trinajstić information content (AvgIpc) is 2.92. The molecule has 0 aliphatic carbocycles. The number of nitrogens with zero attached hydrogens (tertiary/aromatic N) is 1. The van der Waals surface area contributed by atoms with Gasteiger partial charge in [0.15, 0.2) is 18.1 Å². The van der Waals surface area contributed by atoms with Gasteiger partial charge >= 0.3 is 5.97 Å². The van der Waals surface area contributed by atoms with Gasteiger partial charge in [-0.05, 0) is 41.8 Å². The molecule has 0 fully saturated rings. The fraction of sp³-hybridized carbons (Fsp3) is 0.259. The maximum Gasteiger partial charge on any atom is 0.308 e. The third kappa shape index (κ3) is 5.92. The molecule has 0 radical (unpaired) electrons. The maximum atomic E-state index is 13.4. The summed E-state index contributed by atoms with van der Waals surface area (Å²) in [6.45, 7) is -0.293. The highest BCUT2D eigenvalue weighted by molar-refractivity contribution is 7.89. The van der Waals surface area contributed by atoms with Crippen LogP contribution in [0.15, 0.2) is 77.7 Å². The first kappa shape index (κ1) is 26.2. The van der Waals surface area contributed by atoms with E-state index in [0.717, 1.165) is 11.1 Å². The van der Waals surface area contributed by atoms with E-state index in [4.69, 9.17) is 14.2 Å². The Labute approximate surface area is 216 Å². The van der Waals surface area contributed by atoms with Crippen molar-refractivity contribution in [3.8, 4) is 11.5 Å². The van der Waals surface area contributed by atoms with Gasteiger partial charge in [0.2, 0.25) is 10.0 Å². The minimum Gasteiger partial charge on any atom is -0.493 e. The number of ether oxygens (including phenoxy) is 3. The predicted molar refractivity (Wildman–Crippen MR) is 137 cm³/mol. The molecule has 1 aliphatic heterocycles. The third-order valence-corrected chi connectivity index (χ3v) is 8.03. The number of rotatable bonds is 9. The summed E-state index contributed by atoms with van der Waals surface area (Å²) in [5.41, 5.74) is 2.17. The number of anilines is 1. The van der Waals surface area contributed by atoms with Crippen molar-refractivity contribution in [1.82, 2.24) is 4.31 Å². The third-order valence-electron chi connectivity index (χ3n) is 6.10. The Bertz CT molecular complexity index is 1380. The standard InChI is InChI=1S/C27H28N2O7S/c1-34-24-13-12-20(16-25(24)35-2)28-26(30)18-36-27(31)17-23-22-11-7-6-8-19(22)14-15-29(23)37(32,33)21-9-4-3-5-10-21/h3-13,16,23H,14-15,17-18H2,1-2H3,(H,28,30). The van der Waals surface area contributed by atoms with Gasteiger partial charge in [-0.25, -0.2) is 8.42 Å². The molecule has 0 saturated heterocycles. The van der Waals surface area contributed by atoms with Crippen LogP contribution >= 0.6 is 0 Å². The van der Waals surface area contributed by atoms with Gasteiger partial charge in [-0.2, -0.15) is 4.31 Å². The number of hydrogen-bond donors (Lipinski definition) is 1. The molecule has 9 nitrogen and oxygen atoms in total. The van der Waals surface area contributed by atoms with Gasteiger partial charge in [0.05, 0.1) is 31.6 Å². The molecule has 3 aromatic rings. The lowest BCUT2D eigenvalue weighted by Gasteiger charge is -2.36. The summed E-state index contributed by atoms with van der Waals surface area (Å²) in [7, 11) is -0.871. The molecule has 1 N–H and O–H groups in total. The van der Waals surface area contributed by atoms with E-state index in [9.17, 15) is 18.0 Å². The number of benzene rings is 3. The van der Waals surface area contributed by atoms with Crippen molar-refractivity contribution in [3.63, 3.8) is 0 Å². The molecule has 0 bridgehead atoms. The molecule has 37 heavy (non-hydrogen) atoms. The van der Waals surface area contributed by atoms with E-state index < -0.39 is 34.5 Å². The quantitative estimate of drug-likeness (QED) is 0.426. The lowest BCUT2D eigenvalue weighted by atomic mass is 9.92. The zero-order valence-electron chi connectivity index (χ0n) is 20.5. The van der Waals surface area contributed by atoms with E-state index in [1.165, 1.54) is 30.7 Å². The largest absolute Gasteiger partial charge is 0.493 e. The molecule has 194 valence electrons. The van der Waals surface area contributed by atoms with Gasteiger partial charge in [-0.15, -0.1) is 0 Å². The first-order valence-electron chi connectivity index (χ1n) is 11.7. The van der Waals surface area contributed by atoms with Gasteiger partial charge < -0.3 is 19.5 Å². The van der Waals surface area contributed by atoms with Crippen LogP contribution in [0, 0.1) is 0 Å². The van der Waals surface area contributed by atoms with Crippen molar-refractivity contribution < 1.29 is 32.2 Å². The molecule has 0 aromatic heterocycles. The first-order valence-corrected chi connectivity index (χ1v) is 13.1. The summed E-state index contributed by atoms with van der Waals surface area (Å²) >= 11 is 0. The Morgan fingerprint density at radius 1 is 0.946 bits per heavy atom. The van der Waals surface area contributed by atoms with Crippen LogP contribution in [0.4, 0.5) is 5.69 Å². The van der Waals surface area contributed by atoms with Crippen molar-refractivity contribution >= 4 is 27.6 Å². The average molecular weight is 525 g/mol. The number of carbonyl (C=O) groups excluding carboxylic acids is 2. The number of hydrogen-bond acceptors (Lipinski definition) is 7. The Kier molecular flexibility index (Phi) is 8.10. The van der Waals surface area contributed by atoms with Crippen LogP contribution in [0.1, 0.15) is 23.6 Å². The molecule has 3 aromatic carbocycles. The monoisotopic (exact) mass is 524 g/mol. The maximum absolute atomic E-state index is 13.4. The van der Waals surface area contributed by atoms with Crippen molar-refractivity contribution in [2.75, 3.05) is 32.7 Å².